The number of aromatic nitrogens is 2. The number of fused-ring (bicyclic) bond motifs is 6. The van der Waals surface area contributed by atoms with Crippen molar-refractivity contribution in [3.05, 3.63) is 48.1 Å². The highest BCUT2D eigenvalue weighted by Crippen LogP contribution is 2.68. The third-order valence-corrected chi connectivity index (χ3v) is 11.7. The highest BCUT2D eigenvalue weighted by Gasteiger charge is 2.70. The van der Waals surface area contributed by atoms with E-state index in [9.17, 15) is 19.8 Å². The summed E-state index contributed by atoms with van der Waals surface area (Å²) in [7, 11) is 0. The maximum Gasteiger partial charge on any atom is 0.178 e. The van der Waals surface area contributed by atoms with Gasteiger partial charge in [-0.05, 0) is 74.6 Å². The maximum atomic E-state index is 14.0. The molecule has 6 unspecified atom stereocenters. The molecule has 0 saturated heterocycles. The lowest BCUT2D eigenvalue weighted by molar-refractivity contribution is -0.179. The molecule has 202 valence electrons. The molecule has 1 aromatic heterocycles. The summed E-state index contributed by atoms with van der Waals surface area (Å²) >= 11 is 1.40. The summed E-state index contributed by atoms with van der Waals surface area (Å²) in [6.45, 7) is 9.02. The number of para-hydroxylation sites is 2. The van der Waals surface area contributed by atoms with Crippen molar-refractivity contribution in [2.45, 2.75) is 76.8 Å². The first-order valence-electron chi connectivity index (χ1n) is 14.0. The zero-order valence-electron chi connectivity index (χ0n) is 22.7. The van der Waals surface area contributed by atoms with Crippen LogP contribution in [0.4, 0.5) is 0 Å². The van der Waals surface area contributed by atoms with Crippen molar-refractivity contribution in [3.8, 4) is 0 Å². The largest absolute Gasteiger partial charge is 0.393 e. The third kappa shape index (κ3) is 3.44. The van der Waals surface area contributed by atoms with Crippen LogP contribution in [0.2, 0.25) is 0 Å². The van der Waals surface area contributed by atoms with E-state index in [4.69, 9.17) is 4.98 Å². The average Bonchev–Trinajstić information content (AvgIpc) is 3.35. The Hall–Kier alpha value is -2.22. The minimum atomic E-state index is -1.50. The Balaban J connectivity index is 1.29. The lowest BCUT2D eigenvalue weighted by Crippen LogP contribution is -2.62. The molecule has 0 bridgehead atoms. The Bertz CT molecular complexity index is 1380. The van der Waals surface area contributed by atoms with Crippen LogP contribution in [0.3, 0.4) is 0 Å². The number of benzene rings is 1. The van der Waals surface area contributed by atoms with E-state index in [0.29, 0.717) is 6.42 Å². The minimum absolute atomic E-state index is 0.0200. The number of carbonyl (C=O) groups excluding carboxylic acids is 2. The van der Waals surface area contributed by atoms with Gasteiger partial charge in [0.2, 0.25) is 0 Å². The number of Topliss-reactive ketones (excluding diaryl/α,β-unsaturated/α-hetero) is 1. The topological polar surface area (TPSA) is 92.4 Å². The van der Waals surface area contributed by atoms with Crippen LogP contribution in [-0.2, 0) is 16.1 Å². The molecule has 6 nitrogen and oxygen atoms in total. The fourth-order valence-electron chi connectivity index (χ4n) is 8.96. The number of aliphatic hydroxyl groups is 2. The van der Waals surface area contributed by atoms with Crippen molar-refractivity contribution in [1.82, 2.24) is 9.55 Å². The van der Waals surface area contributed by atoms with Gasteiger partial charge < -0.3 is 14.8 Å². The van der Waals surface area contributed by atoms with E-state index >= 15 is 0 Å². The molecule has 1 aromatic carbocycles. The average molecular weight is 535 g/mol. The highest BCUT2D eigenvalue weighted by molar-refractivity contribution is 7.99. The number of ketones is 2. The Labute approximate surface area is 228 Å². The number of hydrogen-bond acceptors (Lipinski definition) is 6. The van der Waals surface area contributed by atoms with Gasteiger partial charge in [0.15, 0.2) is 16.7 Å². The summed E-state index contributed by atoms with van der Waals surface area (Å²) in [5.41, 5.74) is 0.491. The van der Waals surface area contributed by atoms with Gasteiger partial charge in [0.25, 0.3) is 0 Å². The van der Waals surface area contributed by atoms with Crippen molar-refractivity contribution in [1.29, 1.82) is 0 Å². The lowest BCUT2D eigenvalue weighted by atomic mass is 9.46. The third-order valence-electron chi connectivity index (χ3n) is 10.8. The van der Waals surface area contributed by atoms with E-state index in [-0.39, 0.29) is 46.4 Å². The van der Waals surface area contributed by atoms with Crippen LogP contribution in [0.5, 0.6) is 0 Å². The van der Waals surface area contributed by atoms with Crippen molar-refractivity contribution >= 4 is 34.4 Å². The second-order valence-electron chi connectivity index (χ2n) is 12.5. The van der Waals surface area contributed by atoms with Crippen molar-refractivity contribution in [2.75, 3.05) is 5.75 Å². The van der Waals surface area contributed by atoms with Gasteiger partial charge in [-0.3, -0.25) is 9.59 Å². The molecule has 3 fully saturated rings. The van der Waals surface area contributed by atoms with E-state index in [0.717, 1.165) is 47.6 Å². The molecule has 2 N–H and O–H groups in total. The zero-order valence-corrected chi connectivity index (χ0v) is 23.5. The Morgan fingerprint density at radius 3 is 2.79 bits per heavy atom. The number of imidazole rings is 1. The van der Waals surface area contributed by atoms with Gasteiger partial charge in [-0.25, -0.2) is 4.98 Å². The maximum absolute atomic E-state index is 14.0. The molecule has 6 rings (SSSR count). The van der Waals surface area contributed by atoms with Crippen LogP contribution in [0, 0.1) is 34.5 Å². The fraction of sp³-hybridized carbons (Fsp3) is 0.581. The molecule has 0 radical (unpaired) electrons. The molecule has 0 spiro atoms. The second kappa shape index (κ2) is 8.90. The Morgan fingerprint density at radius 1 is 1.26 bits per heavy atom. The molecular weight excluding hydrogens is 496 g/mol. The van der Waals surface area contributed by atoms with Crippen LogP contribution in [0.25, 0.3) is 11.0 Å². The van der Waals surface area contributed by atoms with Crippen LogP contribution in [0.1, 0.15) is 53.4 Å². The summed E-state index contributed by atoms with van der Waals surface area (Å²) in [5, 5.41) is 24.7. The van der Waals surface area contributed by atoms with Crippen molar-refractivity contribution < 1.29 is 19.8 Å². The van der Waals surface area contributed by atoms with E-state index < -0.39 is 17.1 Å². The number of aliphatic hydroxyl groups excluding tert-OH is 1. The smallest absolute Gasteiger partial charge is 0.178 e. The van der Waals surface area contributed by atoms with Gasteiger partial charge in [-0.2, -0.15) is 0 Å². The summed E-state index contributed by atoms with van der Waals surface area (Å²) in [6.07, 6.45) is 7.58. The molecule has 7 heteroatoms. The molecule has 4 aliphatic carbocycles. The molecule has 0 amide bonds. The second-order valence-corrected chi connectivity index (χ2v) is 13.4. The van der Waals surface area contributed by atoms with Crippen LogP contribution in [-0.4, -0.2) is 48.8 Å². The van der Waals surface area contributed by atoms with Gasteiger partial charge >= 0.3 is 0 Å². The molecule has 4 aliphatic rings. The van der Waals surface area contributed by atoms with E-state index in [1.165, 1.54) is 11.8 Å². The zero-order chi connectivity index (χ0) is 27.0. The summed E-state index contributed by atoms with van der Waals surface area (Å²) in [6, 6.07) is 7.98. The predicted molar refractivity (Wildman–Crippen MR) is 149 cm³/mol. The number of hydrogen-bond donors (Lipinski definition) is 2. The number of nitrogens with zero attached hydrogens (tertiary/aromatic N) is 2. The standard InChI is InChI=1S/C31H38N2O4S/c1-5-33-24-9-7-6-8-23(24)32-28(33)38-17-26(36)31(37)18(2)14-22-21-11-10-19-15-20(34)12-13-29(19,3)27(21)25(35)16-30(22,31)4/h6-9,12-13,15,18,21-22,25,27,35,37H,5,10-11,14,16-17H2,1-4H3/t18-,21?,22?,25?,27?,29?,30?,31+/m1/s1. The predicted octanol–water partition coefficient (Wildman–Crippen LogP) is 4.97. The fourth-order valence-corrected chi connectivity index (χ4v) is 9.99. The first kappa shape index (κ1) is 26.0. The van der Waals surface area contributed by atoms with Gasteiger partial charge in [0.05, 0.1) is 22.9 Å². The summed E-state index contributed by atoms with van der Waals surface area (Å²) in [5.74, 6) is 0.106. The van der Waals surface area contributed by atoms with Crippen LogP contribution in [0.15, 0.2) is 53.2 Å². The minimum Gasteiger partial charge on any atom is -0.393 e. The quantitative estimate of drug-likeness (QED) is 0.526. The number of thioether (sulfide) groups is 1. The van der Waals surface area contributed by atoms with E-state index in [1.807, 2.05) is 44.2 Å². The summed E-state index contributed by atoms with van der Waals surface area (Å²) in [4.78, 5) is 30.8. The van der Waals surface area contributed by atoms with Crippen LogP contribution >= 0.6 is 11.8 Å². The molecule has 0 aliphatic heterocycles. The first-order chi connectivity index (χ1) is 18.0. The monoisotopic (exact) mass is 534 g/mol. The van der Waals surface area contributed by atoms with Gasteiger partial charge in [0.1, 0.15) is 5.60 Å². The molecule has 8 atom stereocenters. The first-order valence-corrected chi connectivity index (χ1v) is 15.0. The molecule has 1 heterocycles. The lowest BCUT2D eigenvalue weighted by Gasteiger charge is -2.59. The molecule has 2 aromatic rings. The SMILES string of the molecule is CCn1c(SCC(=O)[C@@]2(O)[C@H](C)CC3C4CCC5=CC(=O)C=CC5(C)C4C(O)CC32C)nc2ccccc21. The van der Waals surface area contributed by atoms with E-state index in [2.05, 4.69) is 18.4 Å². The van der Waals surface area contributed by atoms with Crippen molar-refractivity contribution in [3.63, 3.8) is 0 Å². The highest BCUT2D eigenvalue weighted by atomic mass is 32.2. The normalized spacial score (nSPS) is 40.0. The molecular formula is C31H38N2O4S. The summed E-state index contributed by atoms with van der Waals surface area (Å²) < 4.78 is 2.12. The van der Waals surface area contributed by atoms with Crippen LogP contribution < -0.4 is 0 Å². The Morgan fingerprint density at radius 2 is 2.03 bits per heavy atom. The number of aryl methyl sites for hydroxylation is 1. The van der Waals surface area contributed by atoms with Gasteiger partial charge in [-0.15, -0.1) is 0 Å². The number of carbonyl (C=O) groups is 2. The van der Waals surface area contributed by atoms with E-state index in [1.54, 1.807) is 12.2 Å². The van der Waals surface area contributed by atoms with Gasteiger partial charge in [-0.1, -0.05) is 56.3 Å². The van der Waals surface area contributed by atoms with Crippen molar-refractivity contribution in [2.24, 2.45) is 34.5 Å². The number of rotatable bonds is 5. The Kier molecular flexibility index (Phi) is 6.10. The van der Waals surface area contributed by atoms with Gasteiger partial charge in [0, 0.05) is 23.3 Å². The number of allylic oxidation sites excluding steroid dienone is 4. The molecule has 38 heavy (non-hydrogen) atoms. The molecule has 3 saturated carbocycles.